The van der Waals surface area contributed by atoms with Crippen molar-refractivity contribution in [2.75, 3.05) is 0 Å². The average molecular weight is 258 g/mol. The largest absolute Gasteiger partial charge is 0.302 e. The van der Waals surface area contributed by atoms with Gasteiger partial charge >= 0.3 is 0 Å². The molecular weight excluding hydrogens is 240 g/mol. The van der Waals surface area contributed by atoms with Crippen LogP contribution in [0.2, 0.25) is 0 Å². The minimum Gasteiger partial charge on any atom is -0.302 e. The van der Waals surface area contributed by atoms with Crippen LogP contribution in [0.1, 0.15) is 42.3 Å². The summed E-state index contributed by atoms with van der Waals surface area (Å²) in [6, 6.07) is 11.7. The van der Waals surface area contributed by atoms with Crippen LogP contribution in [-0.4, -0.2) is 4.98 Å². The quantitative estimate of drug-likeness (QED) is 0.878. The van der Waals surface area contributed by atoms with Gasteiger partial charge in [0.15, 0.2) is 0 Å². The number of hydrogen-bond donors (Lipinski definition) is 1. The third-order valence-electron chi connectivity index (χ3n) is 3.56. The lowest BCUT2D eigenvalue weighted by Crippen LogP contribution is -2.25. The van der Waals surface area contributed by atoms with E-state index >= 15 is 0 Å². The van der Waals surface area contributed by atoms with Crippen molar-refractivity contribution in [3.8, 4) is 0 Å². The van der Waals surface area contributed by atoms with Gasteiger partial charge in [0.25, 0.3) is 0 Å². The van der Waals surface area contributed by atoms with Crippen molar-refractivity contribution in [3.63, 3.8) is 0 Å². The molecule has 1 fully saturated rings. The number of hydrogen-bond acceptors (Lipinski definition) is 3. The van der Waals surface area contributed by atoms with Gasteiger partial charge < -0.3 is 5.32 Å². The fraction of sp³-hybridized carbons (Fsp3) is 0.400. The van der Waals surface area contributed by atoms with Crippen LogP contribution >= 0.6 is 11.3 Å². The van der Waals surface area contributed by atoms with E-state index in [0.29, 0.717) is 12.1 Å². The number of thiazole rings is 1. The van der Waals surface area contributed by atoms with E-state index in [0.717, 1.165) is 5.92 Å². The molecule has 2 aromatic rings. The molecule has 0 amide bonds. The van der Waals surface area contributed by atoms with E-state index in [-0.39, 0.29) is 0 Å². The molecule has 1 aliphatic rings. The maximum absolute atomic E-state index is 4.16. The summed E-state index contributed by atoms with van der Waals surface area (Å²) in [6.45, 7) is 2.23. The smallest absolute Gasteiger partial charge is 0.0794 e. The van der Waals surface area contributed by atoms with E-state index in [4.69, 9.17) is 0 Å². The number of benzene rings is 1. The van der Waals surface area contributed by atoms with E-state index in [1.165, 1.54) is 23.3 Å². The predicted octanol–water partition coefficient (Wildman–Crippen LogP) is 3.95. The van der Waals surface area contributed by atoms with Crippen LogP contribution in [0.25, 0.3) is 0 Å². The summed E-state index contributed by atoms with van der Waals surface area (Å²) >= 11 is 1.73. The lowest BCUT2D eigenvalue weighted by Gasteiger charge is -2.23. The second kappa shape index (κ2) is 5.21. The van der Waals surface area contributed by atoms with Crippen LogP contribution in [0.4, 0.5) is 0 Å². The Balaban J connectivity index is 1.75. The highest BCUT2D eigenvalue weighted by Crippen LogP contribution is 2.42. The first-order valence-electron chi connectivity index (χ1n) is 6.54. The van der Waals surface area contributed by atoms with E-state index in [1.54, 1.807) is 11.3 Å². The maximum atomic E-state index is 4.16. The topological polar surface area (TPSA) is 24.9 Å². The van der Waals surface area contributed by atoms with Gasteiger partial charge in [0.05, 0.1) is 5.51 Å². The van der Waals surface area contributed by atoms with Crippen LogP contribution in [0, 0.1) is 5.92 Å². The Morgan fingerprint density at radius 3 is 2.67 bits per heavy atom. The van der Waals surface area contributed by atoms with Gasteiger partial charge in [-0.25, -0.2) is 0 Å². The molecule has 1 aromatic heterocycles. The second-order valence-electron chi connectivity index (χ2n) is 5.02. The molecule has 1 aromatic carbocycles. The first-order valence-corrected chi connectivity index (χ1v) is 7.42. The third kappa shape index (κ3) is 2.62. The Morgan fingerprint density at radius 1 is 1.28 bits per heavy atom. The van der Waals surface area contributed by atoms with Crippen LogP contribution in [0.3, 0.4) is 0 Å². The SMILES string of the molecule is CC(NC(c1ccccc1)C1CC1)c1cncs1. The molecule has 0 radical (unpaired) electrons. The predicted molar refractivity (Wildman–Crippen MR) is 75.6 cm³/mol. The highest BCUT2D eigenvalue weighted by molar-refractivity contribution is 7.09. The number of aromatic nitrogens is 1. The van der Waals surface area contributed by atoms with Crippen molar-refractivity contribution in [2.45, 2.75) is 31.8 Å². The van der Waals surface area contributed by atoms with E-state index < -0.39 is 0 Å². The van der Waals surface area contributed by atoms with Crippen LogP contribution in [-0.2, 0) is 0 Å². The van der Waals surface area contributed by atoms with Crippen molar-refractivity contribution in [2.24, 2.45) is 5.92 Å². The van der Waals surface area contributed by atoms with Crippen molar-refractivity contribution in [3.05, 3.63) is 52.5 Å². The second-order valence-corrected chi connectivity index (χ2v) is 5.94. The van der Waals surface area contributed by atoms with Gasteiger partial charge in [-0.15, -0.1) is 11.3 Å². The van der Waals surface area contributed by atoms with E-state index in [1.807, 2.05) is 11.7 Å². The number of rotatable bonds is 5. The Labute approximate surface area is 112 Å². The Hall–Kier alpha value is -1.19. The minimum absolute atomic E-state index is 0.378. The van der Waals surface area contributed by atoms with Gasteiger partial charge in [-0.05, 0) is 31.2 Å². The van der Waals surface area contributed by atoms with Crippen molar-refractivity contribution in [1.29, 1.82) is 0 Å². The highest BCUT2D eigenvalue weighted by Gasteiger charge is 2.33. The normalized spacial score (nSPS) is 18.5. The average Bonchev–Trinajstić information content (AvgIpc) is 3.10. The number of nitrogens with zero attached hydrogens (tertiary/aromatic N) is 1. The van der Waals surface area contributed by atoms with Gasteiger partial charge in [0.1, 0.15) is 0 Å². The molecule has 2 unspecified atom stereocenters. The number of nitrogens with one attached hydrogen (secondary N) is 1. The first kappa shape index (κ1) is 11.9. The molecule has 2 nitrogen and oxygen atoms in total. The molecule has 3 heteroatoms. The molecule has 0 bridgehead atoms. The van der Waals surface area contributed by atoms with Gasteiger partial charge in [-0.3, -0.25) is 4.98 Å². The van der Waals surface area contributed by atoms with Crippen molar-refractivity contribution >= 4 is 11.3 Å². The molecular formula is C15H18N2S. The third-order valence-corrected chi connectivity index (χ3v) is 4.52. The van der Waals surface area contributed by atoms with Crippen molar-refractivity contribution in [1.82, 2.24) is 10.3 Å². The summed E-state index contributed by atoms with van der Waals surface area (Å²) < 4.78 is 0. The van der Waals surface area contributed by atoms with Gasteiger partial charge in [0, 0.05) is 23.2 Å². The summed E-state index contributed by atoms with van der Waals surface area (Å²) in [4.78, 5) is 5.48. The van der Waals surface area contributed by atoms with E-state index in [9.17, 15) is 0 Å². The minimum atomic E-state index is 0.378. The zero-order chi connectivity index (χ0) is 12.4. The van der Waals surface area contributed by atoms with E-state index in [2.05, 4.69) is 47.6 Å². The highest BCUT2D eigenvalue weighted by atomic mass is 32.1. The summed E-state index contributed by atoms with van der Waals surface area (Å²) in [5.74, 6) is 0.808. The lowest BCUT2D eigenvalue weighted by molar-refractivity contribution is 0.430. The molecule has 1 aliphatic carbocycles. The standard InChI is InChI=1S/C15H18N2S/c1-11(14-9-16-10-18-14)17-15(13-7-8-13)12-5-3-2-4-6-12/h2-6,9-11,13,15,17H,7-8H2,1H3. The Kier molecular flexibility index (Phi) is 3.43. The van der Waals surface area contributed by atoms with Crippen LogP contribution < -0.4 is 5.32 Å². The zero-order valence-electron chi connectivity index (χ0n) is 10.5. The lowest BCUT2D eigenvalue weighted by atomic mass is 10.0. The zero-order valence-corrected chi connectivity index (χ0v) is 11.4. The van der Waals surface area contributed by atoms with Gasteiger partial charge in [-0.1, -0.05) is 30.3 Å². The molecule has 3 rings (SSSR count). The molecule has 0 spiro atoms. The Morgan fingerprint density at radius 2 is 2.06 bits per heavy atom. The monoisotopic (exact) mass is 258 g/mol. The van der Waals surface area contributed by atoms with Gasteiger partial charge in [0.2, 0.25) is 0 Å². The fourth-order valence-corrected chi connectivity index (χ4v) is 3.02. The van der Waals surface area contributed by atoms with Gasteiger partial charge in [-0.2, -0.15) is 0 Å². The molecule has 1 heterocycles. The maximum Gasteiger partial charge on any atom is 0.0794 e. The molecule has 1 N–H and O–H groups in total. The molecule has 0 aliphatic heterocycles. The van der Waals surface area contributed by atoms with Crippen LogP contribution in [0.5, 0.6) is 0 Å². The van der Waals surface area contributed by atoms with Crippen molar-refractivity contribution < 1.29 is 0 Å². The molecule has 18 heavy (non-hydrogen) atoms. The molecule has 0 saturated heterocycles. The summed E-state index contributed by atoms with van der Waals surface area (Å²) in [6.07, 6.45) is 4.67. The summed E-state index contributed by atoms with van der Waals surface area (Å²) in [5.41, 5.74) is 3.32. The summed E-state index contributed by atoms with van der Waals surface area (Å²) in [7, 11) is 0. The fourth-order valence-electron chi connectivity index (χ4n) is 2.39. The molecule has 1 saturated carbocycles. The summed E-state index contributed by atoms with van der Waals surface area (Å²) in [5, 5.41) is 3.77. The van der Waals surface area contributed by atoms with Crippen LogP contribution in [0.15, 0.2) is 42.0 Å². The molecule has 94 valence electrons. The first-order chi connectivity index (χ1) is 8.84. The Bertz CT molecular complexity index is 476. The molecule has 2 atom stereocenters.